The van der Waals surface area contributed by atoms with Crippen LogP contribution in [0.5, 0.6) is 0 Å². The molecule has 0 fully saturated rings. The van der Waals surface area contributed by atoms with Crippen molar-refractivity contribution in [3.8, 4) is 0 Å². The molecule has 0 bridgehead atoms. The predicted molar refractivity (Wildman–Crippen MR) is 146 cm³/mol. The Hall–Kier alpha value is -3.42. The van der Waals surface area contributed by atoms with Crippen molar-refractivity contribution in [1.29, 1.82) is 0 Å². The summed E-state index contributed by atoms with van der Waals surface area (Å²) in [4.78, 5) is 20.1. The normalized spacial score (nSPS) is 11.4. The van der Waals surface area contributed by atoms with Crippen molar-refractivity contribution >= 4 is 5.69 Å². The maximum Gasteiger partial charge on any atom is 0.120 e. The Morgan fingerprint density at radius 2 is 1.14 bits per heavy atom. The third-order valence-corrected chi connectivity index (χ3v) is 6.22. The largest absolute Gasteiger partial charge is 0.381 e. The van der Waals surface area contributed by atoms with E-state index in [4.69, 9.17) is 0 Å². The molecular weight excluding hydrogens is 446 g/mol. The Bertz CT molecular complexity index is 1060. The van der Waals surface area contributed by atoms with Gasteiger partial charge in [0.15, 0.2) is 0 Å². The van der Waals surface area contributed by atoms with Gasteiger partial charge in [0.05, 0.1) is 13.1 Å². The van der Waals surface area contributed by atoms with Gasteiger partial charge in [-0.2, -0.15) is 0 Å². The number of anilines is 1. The highest BCUT2D eigenvalue weighted by atomic mass is 15.2. The molecule has 4 rings (SSSR count). The molecule has 0 saturated carbocycles. The molecule has 0 radical (unpaired) electrons. The maximum atomic E-state index is 4.39. The summed E-state index contributed by atoms with van der Waals surface area (Å²) in [6.07, 6.45) is 9.72. The minimum Gasteiger partial charge on any atom is -0.381 e. The summed E-state index contributed by atoms with van der Waals surface area (Å²) in [6, 6.07) is 17.7. The third-order valence-electron chi connectivity index (χ3n) is 6.22. The van der Waals surface area contributed by atoms with Gasteiger partial charge in [-0.15, -0.1) is 0 Å². The first kappa shape index (κ1) is 25.7. The van der Waals surface area contributed by atoms with E-state index >= 15 is 0 Å². The highest BCUT2D eigenvalue weighted by Gasteiger charge is 2.11. The number of nitrogens with zero attached hydrogens (tertiary/aromatic N) is 4. The number of aromatic amines is 2. The van der Waals surface area contributed by atoms with Crippen molar-refractivity contribution in [2.45, 2.75) is 59.4 Å². The molecule has 3 N–H and O–H groups in total. The highest BCUT2D eigenvalue weighted by Crippen LogP contribution is 2.15. The second-order valence-corrected chi connectivity index (χ2v) is 9.36. The van der Waals surface area contributed by atoms with Crippen LogP contribution in [-0.2, 0) is 32.7 Å². The van der Waals surface area contributed by atoms with Gasteiger partial charge in [-0.1, -0.05) is 50.2 Å². The van der Waals surface area contributed by atoms with E-state index in [2.05, 4.69) is 97.4 Å². The first-order valence-corrected chi connectivity index (χ1v) is 13.0. The third kappa shape index (κ3) is 8.07. The van der Waals surface area contributed by atoms with Crippen LogP contribution in [0.25, 0.3) is 0 Å². The number of nitrogens with one attached hydrogen (secondary N) is 3. The van der Waals surface area contributed by atoms with E-state index in [-0.39, 0.29) is 0 Å². The summed E-state index contributed by atoms with van der Waals surface area (Å²) >= 11 is 0. The molecule has 0 saturated heterocycles. The molecule has 7 nitrogen and oxygen atoms in total. The van der Waals surface area contributed by atoms with Gasteiger partial charge in [0.1, 0.15) is 11.6 Å². The molecule has 7 heteroatoms. The summed E-state index contributed by atoms with van der Waals surface area (Å²) in [5, 5.41) is 3.56. The maximum absolute atomic E-state index is 4.39. The van der Waals surface area contributed by atoms with Gasteiger partial charge >= 0.3 is 0 Å². The van der Waals surface area contributed by atoms with E-state index in [1.165, 1.54) is 29.5 Å². The first-order chi connectivity index (χ1) is 17.7. The van der Waals surface area contributed by atoms with E-state index in [0.29, 0.717) is 0 Å². The summed E-state index contributed by atoms with van der Waals surface area (Å²) < 4.78 is 0. The molecule has 4 aromatic rings. The molecule has 2 heterocycles. The van der Waals surface area contributed by atoms with Crippen molar-refractivity contribution in [3.05, 3.63) is 102 Å². The summed E-state index contributed by atoms with van der Waals surface area (Å²) in [5.74, 6) is 1.91. The van der Waals surface area contributed by atoms with E-state index in [1.807, 2.05) is 12.4 Å². The Morgan fingerprint density at radius 3 is 1.64 bits per heavy atom. The fraction of sp³-hybridized carbons (Fsp3) is 0.379. The zero-order chi connectivity index (χ0) is 25.0. The van der Waals surface area contributed by atoms with Gasteiger partial charge < -0.3 is 15.3 Å². The molecule has 0 aliphatic carbocycles. The Kier molecular flexibility index (Phi) is 9.70. The number of hydrogen-bond donors (Lipinski definition) is 3. The lowest BCUT2D eigenvalue weighted by Gasteiger charge is -2.21. The second-order valence-electron chi connectivity index (χ2n) is 9.36. The van der Waals surface area contributed by atoms with Gasteiger partial charge in [-0.05, 0) is 54.8 Å². The van der Waals surface area contributed by atoms with Crippen LogP contribution >= 0.6 is 0 Å². The topological polar surface area (TPSA) is 75.9 Å². The number of benzene rings is 2. The van der Waals surface area contributed by atoms with Crippen LogP contribution in [0, 0.1) is 0 Å². The average molecular weight is 486 g/mol. The van der Waals surface area contributed by atoms with Crippen LogP contribution < -0.4 is 5.32 Å². The molecule has 0 aliphatic heterocycles. The Morgan fingerprint density at radius 1 is 0.639 bits per heavy atom. The number of hydrogen-bond acceptors (Lipinski definition) is 5. The lowest BCUT2D eigenvalue weighted by atomic mass is 10.1. The number of H-pyrrole nitrogens is 2. The fourth-order valence-electron chi connectivity index (χ4n) is 4.47. The molecule has 36 heavy (non-hydrogen) atoms. The van der Waals surface area contributed by atoms with Crippen molar-refractivity contribution in [2.24, 2.45) is 0 Å². The number of aromatic nitrogens is 4. The zero-order valence-corrected chi connectivity index (χ0v) is 21.6. The number of imidazole rings is 2. The molecule has 0 spiro atoms. The van der Waals surface area contributed by atoms with E-state index in [9.17, 15) is 0 Å². The van der Waals surface area contributed by atoms with Crippen molar-refractivity contribution in [1.82, 2.24) is 29.7 Å². The van der Waals surface area contributed by atoms with Crippen molar-refractivity contribution in [2.75, 3.05) is 18.4 Å². The van der Waals surface area contributed by atoms with Gasteiger partial charge in [0.2, 0.25) is 0 Å². The fourth-order valence-corrected chi connectivity index (χ4v) is 4.47. The van der Waals surface area contributed by atoms with E-state index in [1.54, 1.807) is 12.4 Å². The molecule has 0 atom stereocenters. The van der Waals surface area contributed by atoms with Crippen molar-refractivity contribution < 1.29 is 0 Å². The molecule has 0 unspecified atom stereocenters. The standard InChI is InChI=1S/C29H39N7/c1-3-17-35(18-4-2)20-26-9-11-27(12-10-26)34-19-24-5-7-25(8-6-24)21-36(22-28-30-13-14-31-28)23-29-32-15-16-33-29/h5-16,34H,3-4,17-23H2,1-2H3,(H,30,31)(H,32,33). The minimum atomic E-state index is 0.738. The summed E-state index contributed by atoms with van der Waals surface area (Å²) in [5.41, 5.74) is 5.07. The SMILES string of the molecule is CCCN(CCC)Cc1ccc(NCc2ccc(CN(Cc3ncc[nH]3)Cc3ncc[nH]3)cc2)cc1. The van der Waals surface area contributed by atoms with Crippen molar-refractivity contribution in [3.63, 3.8) is 0 Å². The number of rotatable bonds is 15. The van der Waals surface area contributed by atoms with Crippen LogP contribution in [-0.4, -0.2) is 42.8 Å². The van der Waals surface area contributed by atoms with E-state index < -0.39 is 0 Å². The Balaban J connectivity index is 1.29. The molecule has 0 amide bonds. The molecule has 2 aromatic carbocycles. The zero-order valence-electron chi connectivity index (χ0n) is 21.6. The van der Waals surface area contributed by atoms with Gasteiger partial charge in [0, 0.05) is 50.1 Å². The van der Waals surface area contributed by atoms with Crippen LogP contribution in [0.3, 0.4) is 0 Å². The van der Waals surface area contributed by atoms with Gasteiger partial charge in [-0.3, -0.25) is 9.80 Å². The minimum absolute atomic E-state index is 0.738. The lowest BCUT2D eigenvalue weighted by Crippen LogP contribution is -2.24. The first-order valence-electron chi connectivity index (χ1n) is 13.0. The Labute approximate surface area is 215 Å². The monoisotopic (exact) mass is 485 g/mol. The van der Waals surface area contributed by atoms with Gasteiger partial charge in [0.25, 0.3) is 0 Å². The second kappa shape index (κ2) is 13.6. The molecule has 190 valence electrons. The summed E-state index contributed by atoms with van der Waals surface area (Å²) in [7, 11) is 0. The average Bonchev–Trinajstić information content (AvgIpc) is 3.59. The lowest BCUT2D eigenvalue weighted by molar-refractivity contribution is 0.236. The van der Waals surface area contributed by atoms with Gasteiger partial charge in [-0.25, -0.2) is 9.97 Å². The van der Waals surface area contributed by atoms with Crippen LogP contribution in [0.1, 0.15) is 55.0 Å². The van der Waals surface area contributed by atoms with Crippen LogP contribution in [0.15, 0.2) is 73.3 Å². The predicted octanol–water partition coefficient (Wildman–Crippen LogP) is 5.57. The highest BCUT2D eigenvalue weighted by molar-refractivity contribution is 5.45. The molecule has 2 aromatic heterocycles. The van der Waals surface area contributed by atoms with E-state index in [0.717, 1.165) is 63.1 Å². The van der Waals surface area contributed by atoms with Crippen LogP contribution in [0.4, 0.5) is 5.69 Å². The molecular formula is C29H39N7. The smallest absolute Gasteiger partial charge is 0.120 e. The van der Waals surface area contributed by atoms with Crippen LogP contribution in [0.2, 0.25) is 0 Å². The quantitative estimate of drug-likeness (QED) is 0.205. The summed E-state index contributed by atoms with van der Waals surface area (Å²) in [6.45, 7) is 11.0. The molecule has 0 aliphatic rings.